The molecule has 0 aromatic heterocycles. The largest absolute Gasteiger partial charge is 0.497 e. The van der Waals surface area contributed by atoms with Gasteiger partial charge in [-0.1, -0.05) is 19.1 Å². The third kappa shape index (κ3) is 5.64. The summed E-state index contributed by atoms with van der Waals surface area (Å²) in [7, 11) is 0.706. The Morgan fingerprint density at radius 3 is 2.16 bits per heavy atom. The summed E-state index contributed by atoms with van der Waals surface area (Å²) in [4.78, 5) is 13.2. The number of methoxy groups -OCH3 is 3. The van der Waals surface area contributed by atoms with E-state index in [1.54, 1.807) is 26.2 Å². The van der Waals surface area contributed by atoms with Gasteiger partial charge in [0.15, 0.2) is 0 Å². The first kappa shape index (κ1) is 25.3. The van der Waals surface area contributed by atoms with Crippen LogP contribution in [0.3, 0.4) is 0 Å². The molecular formula is C23H32N2O6S. The van der Waals surface area contributed by atoms with Crippen molar-refractivity contribution in [2.24, 2.45) is 0 Å². The predicted molar refractivity (Wildman–Crippen MR) is 125 cm³/mol. The van der Waals surface area contributed by atoms with Crippen LogP contribution < -0.4 is 23.8 Å². The lowest BCUT2D eigenvalue weighted by atomic mass is 10.0. The molecule has 32 heavy (non-hydrogen) atoms. The lowest BCUT2D eigenvalue weighted by molar-refractivity contribution is -0.122. The van der Waals surface area contributed by atoms with Crippen molar-refractivity contribution in [3.63, 3.8) is 0 Å². The van der Waals surface area contributed by atoms with Gasteiger partial charge in [-0.3, -0.25) is 9.10 Å². The fourth-order valence-corrected chi connectivity index (χ4v) is 4.75. The molecule has 176 valence electrons. The van der Waals surface area contributed by atoms with Crippen molar-refractivity contribution in [1.29, 1.82) is 0 Å². The summed E-state index contributed by atoms with van der Waals surface area (Å²) < 4.78 is 42.4. The van der Waals surface area contributed by atoms with Gasteiger partial charge in [-0.05, 0) is 49.6 Å². The number of ether oxygens (including phenoxy) is 3. The highest BCUT2D eigenvalue weighted by Gasteiger charge is 2.32. The maximum absolute atomic E-state index is 13.2. The summed E-state index contributed by atoms with van der Waals surface area (Å²) in [6.45, 7) is 5.43. The van der Waals surface area contributed by atoms with E-state index in [4.69, 9.17) is 14.2 Å². The first-order valence-corrected chi connectivity index (χ1v) is 12.1. The Morgan fingerprint density at radius 2 is 1.66 bits per heavy atom. The molecule has 2 aromatic rings. The number of nitrogens with zero attached hydrogens (tertiary/aromatic N) is 1. The number of nitrogens with one attached hydrogen (secondary N) is 1. The molecule has 0 bridgehead atoms. The van der Waals surface area contributed by atoms with Crippen LogP contribution in [0.15, 0.2) is 36.4 Å². The van der Waals surface area contributed by atoms with Crippen LogP contribution in [0.5, 0.6) is 17.2 Å². The lowest BCUT2D eigenvalue weighted by Crippen LogP contribution is -2.48. The van der Waals surface area contributed by atoms with Crippen LogP contribution in [-0.2, 0) is 14.8 Å². The molecule has 0 saturated carbocycles. The summed E-state index contributed by atoms with van der Waals surface area (Å²) >= 11 is 0. The molecule has 0 aliphatic carbocycles. The minimum absolute atomic E-state index is 0.227. The average Bonchev–Trinajstić information content (AvgIpc) is 2.76. The van der Waals surface area contributed by atoms with E-state index in [1.165, 1.54) is 20.3 Å². The Morgan fingerprint density at radius 1 is 1.03 bits per heavy atom. The third-order valence-electron chi connectivity index (χ3n) is 5.26. The number of hydrogen-bond acceptors (Lipinski definition) is 6. The summed E-state index contributed by atoms with van der Waals surface area (Å²) in [6.07, 6.45) is 1.69. The molecule has 2 aromatic carbocycles. The van der Waals surface area contributed by atoms with Gasteiger partial charge in [-0.15, -0.1) is 0 Å². The van der Waals surface area contributed by atoms with E-state index >= 15 is 0 Å². The van der Waals surface area contributed by atoms with Gasteiger partial charge in [0.2, 0.25) is 15.9 Å². The van der Waals surface area contributed by atoms with Crippen molar-refractivity contribution in [2.75, 3.05) is 31.9 Å². The minimum atomic E-state index is -3.82. The number of hydrogen-bond donors (Lipinski definition) is 1. The van der Waals surface area contributed by atoms with Gasteiger partial charge >= 0.3 is 0 Å². The van der Waals surface area contributed by atoms with E-state index in [1.807, 2.05) is 32.0 Å². The molecule has 9 heteroatoms. The van der Waals surface area contributed by atoms with Crippen molar-refractivity contribution in [2.45, 2.75) is 39.3 Å². The van der Waals surface area contributed by atoms with E-state index in [9.17, 15) is 13.2 Å². The van der Waals surface area contributed by atoms with E-state index in [0.29, 0.717) is 17.9 Å². The normalized spacial score (nSPS) is 13.1. The molecule has 1 amide bonds. The Hall–Kier alpha value is -2.94. The second-order valence-corrected chi connectivity index (χ2v) is 9.33. The van der Waals surface area contributed by atoms with Crippen LogP contribution in [0.25, 0.3) is 0 Å². The highest BCUT2D eigenvalue weighted by Crippen LogP contribution is 2.35. The molecule has 0 saturated heterocycles. The molecule has 0 aliphatic heterocycles. The molecule has 2 rings (SSSR count). The Kier molecular flexibility index (Phi) is 8.38. The number of benzene rings is 2. The van der Waals surface area contributed by atoms with Gasteiger partial charge in [0.1, 0.15) is 23.3 Å². The fourth-order valence-electron chi connectivity index (χ4n) is 3.58. The van der Waals surface area contributed by atoms with Crippen LogP contribution in [0.4, 0.5) is 5.69 Å². The van der Waals surface area contributed by atoms with E-state index in [2.05, 4.69) is 5.32 Å². The molecule has 0 heterocycles. The van der Waals surface area contributed by atoms with Crippen LogP contribution in [-0.4, -0.2) is 48.0 Å². The zero-order valence-electron chi connectivity index (χ0n) is 19.6. The topological polar surface area (TPSA) is 94.2 Å². The van der Waals surface area contributed by atoms with Gasteiger partial charge in [-0.2, -0.15) is 0 Å². The summed E-state index contributed by atoms with van der Waals surface area (Å²) in [5.74, 6) is 1.09. The SMILES string of the molecule is CC[C@H](NC(=O)[C@@H](C)N(c1cc(OC)ccc1OC)S(C)(=O)=O)c1ccc(OC)c(C)c1. The first-order valence-electron chi connectivity index (χ1n) is 10.2. The number of amides is 1. The molecular weight excluding hydrogens is 432 g/mol. The first-order chi connectivity index (χ1) is 15.1. The highest BCUT2D eigenvalue weighted by atomic mass is 32.2. The molecule has 0 unspecified atom stereocenters. The molecule has 0 aliphatic rings. The van der Waals surface area contributed by atoms with E-state index in [0.717, 1.165) is 27.4 Å². The number of rotatable bonds is 10. The summed E-state index contributed by atoms with van der Waals surface area (Å²) in [6, 6.07) is 9.18. The third-order valence-corrected chi connectivity index (χ3v) is 6.49. The lowest BCUT2D eigenvalue weighted by Gasteiger charge is -2.31. The Balaban J connectivity index is 2.39. The fraction of sp³-hybridized carbons (Fsp3) is 0.435. The number of anilines is 1. The van der Waals surface area contributed by atoms with Crippen molar-refractivity contribution >= 4 is 21.6 Å². The van der Waals surface area contributed by atoms with Gasteiger partial charge in [0.25, 0.3) is 0 Å². The monoisotopic (exact) mass is 464 g/mol. The average molecular weight is 465 g/mol. The maximum atomic E-state index is 13.2. The van der Waals surface area contributed by atoms with Crippen LogP contribution in [0, 0.1) is 6.92 Å². The molecule has 0 radical (unpaired) electrons. The van der Waals surface area contributed by atoms with Crippen LogP contribution in [0.2, 0.25) is 0 Å². The second-order valence-electron chi connectivity index (χ2n) is 7.47. The second kappa shape index (κ2) is 10.6. The zero-order chi connectivity index (χ0) is 24.1. The van der Waals surface area contributed by atoms with Crippen molar-refractivity contribution in [3.05, 3.63) is 47.5 Å². The molecule has 0 fully saturated rings. The van der Waals surface area contributed by atoms with E-state index in [-0.39, 0.29) is 11.7 Å². The number of aryl methyl sites for hydroxylation is 1. The highest BCUT2D eigenvalue weighted by molar-refractivity contribution is 7.92. The van der Waals surface area contributed by atoms with Crippen LogP contribution in [0.1, 0.15) is 37.4 Å². The Bertz CT molecular complexity index is 1050. The van der Waals surface area contributed by atoms with Gasteiger partial charge in [-0.25, -0.2) is 8.42 Å². The quantitative estimate of drug-likeness (QED) is 0.579. The van der Waals surface area contributed by atoms with Crippen LogP contribution >= 0.6 is 0 Å². The molecule has 8 nitrogen and oxygen atoms in total. The van der Waals surface area contributed by atoms with Crippen molar-refractivity contribution in [1.82, 2.24) is 5.32 Å². The van der Waals surface area contributed by atoms with Crippen molar-refractivity contribution in [3.8, 4) is 17.2 Å². The number of carbonyl (C=O) groups excluding carboxylic acids is 1. The number of sulfonamides is 1. The van der Waals surface area contributed by atoms with E-state index < -0.39 is 22.0 Å². The predicted octanol–water partition coefficient (Wildman–Crippen LogP) is 3.44. The van der Waals surface area contributed by atoms with Gasteiger partial charge < -0.3 is 19.5 Å². The van der Waals surface area contributed by atoms with Gasteiger partial charge in [0, 0.05) is 6.07 Å². The standard InChI is InChI=1S/C23H32N2O6S/c1-8-19(17-9-11-21(30-5)15(2)13-17)24-23(26)16(3)25(32(7,27)28)20-14-18(29-4)10-12-22(20)31-6/h9-14,16,19H,8H2,1-7H3,(H,24,26)/t16-,19+/m1/s1. The Labute approximate surface area is 190 Å². The smallest absolute Gasteiger partial charge is 0.244 e. The summed E-state index contributed by atoms with van der Waals surface area (Å²) in [5.41, 5.74) is 2.09. The minimum Gasteiger partial charge on any atom is -0.497 e. The number of carbonyl (C=O) groups is 1. The zero-order valence-corrected chi connectivity index (χ0v) is 20.4. The maximum Gasteiger partial charge on any atom is 0.244 e. The molecule has 0 spiro atoms. The van der Waals surface area contributed by atoms with Gasteiger partial charge in [0.05, 0.1) is 39.3 Å². The summed E-state index contributed by atoms with van der Waals surface area (Å²) in [5, 5.41) is 2.98. The molecule has 1 N–H and O–H groups in total. The van der Waals surface area contributed by atoms with Crippen molar-refractivity contribution < 1.29 is 27.4 Å². The molecule has 2 atom stereocenters.